The molecule has 0 saturated heterocycles. The molecule has 0 fully saturated rings. The van der Waals surface area contributed by atoms with Crippen LogP contribution in [-0.2, 0) is 0 Å². The quantitative estimate of drug-likeness (QED) is 0.746. The van der Waals surface area contributed by atoms with Crippen molar-refractivity contribution in [2.24, 2.45) is 5.41 Å². The summed E-state index contributed by atoms with van der Waals surface area (Å²) in [6.07, 6.45) is 2.20. The Kier molecular flexibility index (Phi) is 4.09. The molecule has 1 heterocycles. The van der Waals surface area contributed by atoms with Gasteiger partial charge in [0.2, 0.25) is 0 Å². The maximum Gasteiger partial charge on any atom is 0.137 e. The Balaban J connectivity index is 2.37. The molecule has 0 spiro atoms. The highest BCUT2D eigenvalue weighted by Gasteiger charge is 2.24. The van der Waals surface area contributed by atoms with Crippen LogP contribution in [-0.4, -0.2) is 27.7 Å². The number of nitrogens with two attached hydrogens (primary N) is 1. The highest BCUT2D eigenvalue weighted by molar-refractivity contribution is 5.90. The molecule has 0 radical (unpaired) electrons. The van der Waals surface area contributed by atoms with Gasteiger partial charge in [-0.3, -0.25) is 0 Å². The van der Waals surface area contributed by atoms with Crippen molar-refractivity contribution in [2.45, 2.75) is 33.2 Å². The molecular formula is C15H22N4O. The fourth-order valence-corrected chi connectivity index (χ4v) is 2.20. The van der Waals surface area contributed by atoms with Crippen molar-refractivity contribution in [3.63, 3.8) is 0 Å². The van der Waals surface area contributed by atoms with E-state index in [1.54, 1.807) is 0 Å². The van der Waals surface area contributed by atoms with Crippen LogP contribution in [0.5, 0.6) is 0 Å². The number of nitrogens with zero attached hydrogens (tertiary/aromatic N) is 2. The van der Waals surface area contributed by atoms with Gasteiger partial charge in [0.1, 0.15) is 12.1 Å². The molecule has 20 heavy (non-hydrogen) atoms. The number of aliphatic hydroxyl groups is 1. The van der Waals surface area contributed by atoms with Crippen molar-refractivity contribution >= 4 is 22.4 Å². The van der Waals surface area contributed by atoms with Crippen molar-refractivity contribution in [1.82, 2.24) is 9.97 Å². The fourth-order valence-electron chi connectivity index (χ4n) is 2.20. The average molecular weight is 274 g/mol. The van der Waals surface area contributed by atoms with E-state index >= 15 is 0 Å². The lowest BCUT2D eigenvalue weighted by Crippen LogP contribution is -2.35. The number of hydrogen-bond acceptors (Lipinski definition) is 5. The van der Waals surface area contributed by atoms with Crippen molar-refractivity contribution < 1.29 is 5.11 Å². The smallest absolute Gasteiger partial charge is 0.137 e. The number of aliphatic hydroxyl groups excluding tert-OH is 1. The summed E-state index contributed by atoms with van der Waals surface area (Å²) in [4.78, 5) is 8.57. The Hall–Kier alpha value is -1.88. The summed E-state index contributed by atoms with van der Waals surface area (Å²) in [5.74, 6) is 0.781. The molecule has 4 N–H and O–H groups in total. The minimum atomic E-state index is 0.0216. The summed E-state index contributed by atoms with van der Waals surface area (Å²) >= 11 is 0. The molecule has 1 atom stereocenters. The monoisotopic (exact) mass is 274 g/mol. The molecule has 0 amide bonds. The van der Waals surface area contributed by atoms with Gasteiger partial charge in [-0.05, 0) is 30.0 Å². The van der Waals surface area contributed by atoms with Crippen molar-refractivity contribution in [1.29, 1.82) is 0 Å². The molecular weight excluding hydrogens is 252 g/mol. The maximum absolute atomic E-state index is 9.24. The second kappa shape index (κ2) is 5.63. The molecule has 0 saturated carbocycles. The van der Waals surface area contributed by atoms with Crippen molar-refractivity contribution in [3.05, 3.63) is 24.5 Å². The van der Waals surface area contributed by atoms with Crippen LogP contribution in [0.15, 0.2) is 24.5 Å². The van der Waals surface area contributed by atoms with Crippen LogP contribution in [0.4, 0.5) is 11.5 Å². The van der Waals surface area contributed by atoms with E-state index in [2.05, 4.69) is 36.1 Å². The van der Waals surface area contributed by atoms with Crippen LogP contribution in [0.3, 0.4) is 0 Å². The van der Waals surface area contributed by atoms with E-state index in [-0.39, 0.29) is 18.1 Å². The Morgan fingerprint density at radius 1 is 1.30 bits per heavy atom. The van der Waals surface area contributed by atoms with Gasteiger partial charge in [-0.2, -0.15) is 0 Å². The molecule has 2 aromatic rings. The molecule has 2 rings (SSSR count). The average Bonchev–Trinajstić information content (AvgIpc) is 2.37. The largest absolute Gasteiger partial charge is 0.399 e. The first kappa shape index (κ1) is 14.5. The number of nitrogens with one attached hydrogen (secondary N) is 1. The molecule has 5 nitrogen and oxygen atoms in total. The molecule has 0 aliphatic carbocycles. The first-order valence-corrected chi connectivity index (χ1v) is 6.79. The van der Waals surface area contributed by atoms with Crippen LogP contribution in [0.1, 0.15) is 27.2 Å². The van der Waals surface area contributed by atoms with Crippen molar-refractivity contribution in [2.75, 3.05) is 17.7 Å². The predicted octanol–water partition coefficient (Wildman–Crippen LogP) is 2.42. The molecule has 108 valence electrons. The van der Waals surface area contributed by atoms with Crippen LogP contribution < -0.4 is 11.1 Å². The topological polar surface area (TPSA) is 84.1 Å². The zero-order valence-corrected chi connectivity index (χ0v) is 12.2. The van der Waals surface area contributed by atoms with E-state index in [0.29, 0.717) is 12.1 Å². The van der Waals surface area contributed by atoms with E-state index in [9.17, 15) is 5.11 Å². The summed E-state index contributed by atoms with van der Waals surface area (Å²) in [7, 11) is 0. The van der Waals surface area contributed by atoms with Gasteiger partial charge < -0.3 is 16.2 Å². The summed E-state index contributed by atoms with van der Waals surface area (Å²) < 4.78 is 0. The van der Waals surface area contributed by atoms with Crippen LogP contribution in [0.2, 0.25) is 0 Å². The third-order valence-electron chi connectivity index (χ3n) is 3.43. The molecule has 0 aliphatic heterocycles. The van der Waals surface area contributed by atoms with Gasteiger partial charge in [0, 0.05) is 23.7 Å². The number of aromatic nitrogens is 2. The second-order valence-corrected chi connectivity index (χ2v) is 6.07. The van der Waals surface area contributed by atoms with Gasteiger partial charge in [0.15, 0.2) is 0 Å². The van der Waals surface area contributed by atoms with E-state index in [0.717, 1.165) is 16.7 Å². The minimum absolute atomic E-state index is 0.0216. The summed E-state index contributed by atoms with van der Waals surface area (Å²) in [6, 6.07) is 5.73. The van der Waals surface area contributed by atoms with E-state index in [1.807, 2.05) is 18.2 Å². The molecule has 1 aromatic carbocycles. The number of anilines is 2. The number of fused-ring (bicyclic) bond motifs is 1. The number of nitrogen functional groups attached to an aromatic ring is 1. The molecule has 0 bridgehead atoms. The lowest BCUT2D eigenvalue weighted by molar-refractivity contribution is 0.235. The third-order valence-corrected chi connectivity index (χ3v) is 3.43. The lowest BCUT2D eigenvalue weighted by Gasteiger charge is -2.31. The van der Waals surface area contributed by atoms with E-state index in [1.165, 1.54) is 6.33 Å². The highest BCUT2D eigenvalue weighted by atomic mass is 16.3. The third kappa shape index (κ3) is 3.17. The van der Waals surface area contributed by atoms with Gasteiger partial charge in [0.25, 0.3) is 0 Å². The van der Waals surface area contributed by atoms with Gasteiger partial charge in [-0.1, -0.05) is 20.8 Å². The summed E-state index contributed by atoms with van der Waals surface area (Å²) in [5.41, 5.74) is 7.30. The lowest BCUT2D eigenvalue weighted by atomic mass is 9.85. The normalized spacial score (nSPS) is 13.4. The Morgan fingerprint density at radius 3 is 2.70 bits per heavy atom. The predicted molar refractivity (Wildman–Crippen MR) is 82.5 cm³/mol. The second-order valence-electron chi connectivity index (χ2n) is 6.07. The zero-order chi connectivity index (χ0) is 14.8. The maximum atomic E-state index is 9.24. The Morgan fingerprint density at radius 2 is 2.05 bits per heavy atom. The Bertz CT molecular complexity index is 592. The van der Waals surface area contributed by atoms with E-state index in [4.69, 9.17) is 5.73 Å². The minimum Gasteiger partial charge on any atom is -0.399 e. The molecule has 0 aliphatic rings. The van der Waals surface area contributed by atoms with Gasteiger partial charge in [-0.15, -0.1) is 0 Å². The van der Waals surface area contributed by atoms with Gasteiger partial charge in [-0.25, -0.2) is 9.97 Å². The summed E-state index contributed by atoms with van der Waals surface area (Å²) in [6.45, 7) is 6.57. The van der Waals surface area contributed by atoms with Crippen molar-refractivity contribution in [3.8, 4) is 0 Å². The van der Waals surface area contributed by atoms with E-state index < -0.39 is 0 Å². The number of rotatable bonds is 4. The van der Waals surface area contributed by atoms with Crippen LogP contribution in [0, 0.1) is 5.41 Å². The first-order chi connectivity index (χ1) is 9.41. The fraction of sp³-hybridized carbons (Fsp3) is 0.467. The molecule has 1 aromatic heterocycles. The zero-order valence-electron chi connectivity index (χ0n) is 12.2. The summed E-state index contributed by atoms with van der Waals surface area (Å²) in [5, 5.41) is 13.6. The highest BCUT2D eigenvalue weighted by Crippen LogP contribution is 2.28. The number of hydrogen-bond donors (Lipinski definition) is 3. The van der Waals surface area contributed by atoms with Crippen LogP contribution >= 0.6 is 0 Å². The van der Waals surface area contributed by atoms with Crippen LogP contribution in [0.25, 0.3) is 10.9 Å². The van der Waals surface area contributed by atoms with Gasteiger partial charge >= 0.3 is 0 Å². The first-order valence-electron chi connectivity index (χ1n) is 6.79. The SMILES string of the molecule is CC(C)(C)C(CCO)Nc1ncnc2cc(N)ccc12. The Labute approximate surface area is 119 Å². The standard InChI is InChI=1S/C15H22N4O/c1-15(2,3)13(6-7-20)19-14-11-5-4-10(16)8-12(11)17-9-18-14/h4-5,8-9,13,20H,6-7,16H2,1-3H3,(H,17,18,19). The molecule has 1 unspecified atom stereocenters. The molecule has 5 heteroatoms. The number of benzene rings is 1. The van der Waals surface area contributed by atoms with Gasteiger partial charge in [0.05, 0.1) is 5.52 Å².